The second-order valence-electron chi connectivity index (χ2n) is 5.74. The number of nitrogens with one attached hydrogen (secondary N) is 1. The Morgan fingerprint density at radius 2 is 2.04 bits per heavy atom. The molecule has 8 nitrogen and oxygen atoms in total. The predicted octanol–water partition coefficient (Wildman–Crippen LogP) is 0.634. The monoisotopic (exact) mass is 317 g/mol. The summed E-state index contributed by atoms with van der Waals surface area (Å²) in [5, 5.41) is 11.4. The van der Waals surface area contributed by atoms with Crippen molar-refractivity contribution in [2.75, 3.05) is 0 Å². The Morgan fingerprint density at radius 1 is 1.35 bits per heavy atom. The molecule has 1 aliphatic carbocycles. The maximum Gasteiger partial charge on any atom is 0.304 e. The van der Waals surface area contributed by atoms with Crippen LogP contribution in [0.3, 0.4) is 0 Å². The number of hydrogen-bond acceptors (Lipinski definition) is 5. The molecule has 1 atom stereocenters. The van der Waals surface area contributed by atoms with Gasteiger partial charge >= 0.3 is 5.97 Å². The lowest BCUT2D eigenvalue weighted by Gasteiger charge is -2.16. The van der Waals surface area contributed by atoms with Gasteiger partial charge in [0.25, 0.3) is 0 Å². The van der Waals surface area contributed by atoms with Crippen molar-refractivity contribution >= 4 is 23.4 Å². The van der Waals surface area contributed by atoms with E-state index < -0.39 is 17.7 Å². The number of amides is 1. The quantitative estimate of drug-likeness (QED) is 0.844. The molecule has 0 fully saturated rings. The number of rotatable bonds is 3. The maximum absolute atomic E-state index is 12.6. The molecule has 1 aliphatic heterocycles. The van der Waals surface area contributed by atoms with Crippen LogP contribution in [-0.2, 0) is 16.1 Å². The molecule has 8 heteroatoms. The van der Waals surface area contributed by atoms with Gasteiger partial charge in [0.15, 0.2) is 0 Å². The first-order valence-electron chi connectivity index (χ1n) is 7.21. The van der Waals surface area contributed by atoms with E-state index in [4.69, 9.17) is 5.11 Å². The number of carbonyl (C=O) groups is 4. The van der Waals surface area contributed by atoms with Crippen LogP contribution in [0.1, 0.15) is 59.4 Å². The number of Topliss-reactive ketones (excluding diaryl/α,β-unsaturated/α-hetero) is 2. The molecule has 3 rings (SSSR count). The third-order valence-electron chi connectivity index (χ3n) is 4.16. The first-order chi connectivity index (χ1) is 10.8. The fourth-order valence-electron chi connectivity index (χ4n) is 3.12. The summed E-state index contributed by atoms with van der Waals surface area (Å²) in [5.41, 5.74) is 0.308. The minimum Gasteiger partial charge on any atom is -0.481 e. The molecule has 0 bridgehead atoms. The smallest absolute Gasteiger partial charge is 0.304 e. The molecule has 1 amide bonds. The van der Waals surface area contributed by atoms with Crippen LogP contribution in [0, 0.1) is 0 Å². The molecule has 120 valence electrons. The number of carboxylic acids is 1. The van der Waals surface area contributed by atoms with E-state index in [9.17, 15) is 19.2 Å². The summed E-state index contributed by atoms with van der Waals surface area (Å²) in [7, 11) is 0. The predicted molar refractivity (Wildman–Crippen MR) is 77.0 cm³/mol. The highest BCUT2D eigenvalue weighted by Gasteiger charge is 2.40. The maximum atomic E-state index is 12.6. The molecule has 0 radical (unpaired) electrons. The number of aliphatic carboxylic acids is 1. The topological polar surface area (TPSA) is 118 Å². The average molecular weight is 317 g/mol. The van der Waals surface area contributed by atoms with Crippen LogP contribution in [0.15, 0.2) is 11.3 Å². The highest BCUT2D eigenvalue weighted by atomic mass is 16.4. The summed E-state index contributed by atoms with van der Waals surface area (Å²) in [4.78, 5) is 51.5. The standard InChI is InChI=1S/C15H15N3O5/c1-6-10(16-7(2)19)14(23)11-12(13(6)22)18-4-3-8(5-9(20)21)15(18)17-11/h8H,3-5H2,1-2H3,(H,16,19)(H,20,21). The van der Waals surface area contributed by atoms with Crippen molar-refractivity contribution in [2.24, 2.45) is 0 Å². The SMILES string of the molecule is CC(=O)NC1=C(C)C(=O)c2c(nc3n2CCC3CC(=O)O)C1=O. The first kappa shape index (κ1) is 15.1. The highest BCUT2D eigenvalue weighted by molar-refractivity contribution is 6.26. The zero-order valence-corrected chi connectivity index (χ0v) is 12.7. The molecule has 1 aromatic rings. The summed E-state index contributed by atoms with van der Waals surface area (Å²) < 4.78 is 1.64. The van der Waals surface area contributed by atoms with Gasteiger partial charge in [-0.05, 0) is 13.3 Å². The van der Waals surface area contributed by atoms with Gasteiger partial charge in [-0.2, -0.15) is 0 Å². The third-order valence-corrected chi connectivity index (χ3v) is 4.16. The van der Waals surface area contributed by atoms with E-state index in [2.05, 4.69) is 10.3 Å². The van der Waals surface area contributed by atoms with Crippen molar-refractivity contribution in [3.05, 3.63) is 28.5 Å². The van der Waals surface area contributed by atoms with Gasteiger partial charge in [-0.3, -0.25) is 19.2 Å². The largest absolute Gasteiger partial charge is 0.481 e. The summed E-state index contributed by atoms with van der Waals surface area (Å²) in [6.07, 6.45) is 0.480. The minimum atomic E-state index is -0.949. The van der Waals surface area contributed by atoms with Crippen molar-refractivity contribution in [1.82, 2.24) is 14.9 Å². The Balaban J connectivity index is 2.07. The van der Waals surface area contributed by atoms with Gasteiger partial charge in [-0.15, -0.1) is 0 Å². The molecule has 0 saturated heterocycles. The number of aromatic nitrogens is 2. The van der Waals surface area contributed by atoms with Gasteiger partial charge in [-0.25, -0.2) is 4.98 Å². The normalized spacial score (nSPS) is 19.7. The number of carbonyl (C=O) groups excluding carboxylic acids is 3. The Bertz CT molecular complexity index is 802. The minimum absolute atomic E-state index is 0.00515. The van der Waals surface area contributed by atoms with Crippen molar-refractivity contribution in [2.45, 2.75) is 39.2 Å². The van der Waals surface area contributed by atoms with E-state index in [0.29, 0.717) is 18.8 Å². The lowest BCUT2D eigenvalue weighted by Crippen LogP contribution is -2.33. The van der Waals surface area contributed by atoms with E-state index in [1.165, 1.54) is 13.8 Å². The summed E-state index contributed by atoms with van der Waals surface area (Å²) >= 11 is 0. The molecule has 0 spiro atoms. The van der Waals surface area contributed by atoms with Crippen LogP contribution in [0.4, 0.5) is 0 Å². The second-order valence-corrected chi connectivity index (χ2v) is 5.74. The zero-order chi connectivity index (χ0) is 16.9. The molecule has 2 aliphatic rings. The van der Waals surface area contributed by atoms with E-state index >= 15 is 0 Å². The Kier molecular flexibility index (Phi) is 3.39. The Labute approximate surface area is 131 Å². The molecular weight excluding hydrogens is 302 g/mol. The Hall–Kier alpha value is -2.77. The summed E-state index contributed by atoms with van der Waals surface area (Å²) in [6.45, 7) is 3.19. The van der Waals surface area contributed by atoms with Crippen LogP contribution in [0.2, 0.25) is 0 Å². The number of imidazole rings is 1. The van der Waals surface area contributed by atoms with Crippen molar-refractivity contribution in [3.8, 4) is 0 Å². The van der Waals surface area contributed by atoms with Crippen LogP contribution in [-0.4, -0.2) is 38.1 Å². The number of hydrogen-bond donors (Lipinski definition) is 2. The number of fused-ring (bicyclic) bond motifs is 3. The van der Waals surface area contributed by atoms with Crippen LogP contribution < -0.4 is 5.32 Å². The number of allylic oxidation sites excluding steroid dienone is 2. The van der Waals surface area contributed by atoms with E-state index in [-0.39, 0.29) is 40.8 Å². The van der Waals surface area contributed by atoms with Gasteiger partial charge in [0.2, 0.25) is 17.5 Å². The summed E-state index contributed by atoms with van der Waals surface area (Å²) in [6, 6.07) is 0. The molecule has 1 aromatic heterocycles. The fourth-order valence-corrected chi connectivity index (χ4v) is 3.12. The zero-order valence-electron chi connectivity index (χ0n) is 12.7. The van der Waals surface area contributed by atoms with E-state index in [0.717, 1.165) is 0 Å². The average Bonchev–Trinajstić information content (AvgIpc) is 3.01. The fraction of sp³-hybridized carbons (Fsp3) is 0.400. The number of carboxylic acid groups (broad SMARTS) is 1. The van der Waals surface area contributed by atoms with Crippen LogP contribution >= 0.6 is 0 Å². The molecule has 0 aromatic carbocycles. The molecule has 23 heavy (non-hydrogen) atoms. The van der Waals surface area contributed by atoms with E-state index in [1.807, 2.05) is 0 Å². The number of ketones is 2. The van der Waals surface area contributed by atoms with Crippen molar-refractivity contribution in [3.63, 3.8) is 0 Å². The van der Waals surface area contributed by atoms with Gasteiger partial charge in [-0.1, -0.05) is 0 Å². The van der Waals surface area contributed by atoms with Crippen molar-refractivity contribution in [1.29, 1.82) is 0 Å². The van der Waals surface area contributed by atoms with Crippen molar-refractivity contribution < 1.29 is 24.3 Å². The highest BCUT2D eigenvalue weighted by Crippen LogP contribution is 2.36. The Morgan fingerprint density at radius 3 is 2.65 bits per heavy atom. The molecule has 1 unspecified atom stereocenters. The lowest BCUT2D eigenvalue weighted by molar-refractivity contribution is -0.137. The van der Waals surface area contributed by atoms with E-state index in [1.54, 1.807) is 4.57 Å². The molecule has 2 N–H and O–H groups in total. The molecule has 2 heterocycles. The van der Waals surface area contributed by atoms with Gasteiger partial charge < -0.3 is 15.0 Å². The first-order valence-corrected chi connectivity index (χ1v) is 7.21. The lowest BCUT2D eigenvalue weighted by atomic mass is 9.95. The number of nitrogens with zero attached hydrogens (tertiary/aromatic N) is 2. The molecule has 0 saturated carbocycles. The third kappa shape index (κ3) is 2.26. The summed E-state index contributed by atoms with van der Waals surface area (Å²) in [5.74, 6) is -2.13. The van der Waals surface area contributed by atoms with Crippen LogP contribution in [0.5, 0.6) is 0 Å². The second kappa shape index (κ2) is 5.15. The van der Waals surface area contributed by atoms with Crippen LogP contribution in [0.25, 0.3) is 0 Å². The van der Waals surface area contributed by atoms with Gasteiger partial charge in [0.1, 0.15) is 17.2 Å². The van der Waals surface area contributed by atoms with Gasteiger partial charge in [0.05, 0.1) is 12.1 Å². The van der Waals surface area contributed by atoms with Gasteiger partial charge in [0, 0.05) is 25.0 Å². The molecular formula is C15H15N3O5.